The number of para-hydroxylation sites is 2. The molecule has 0 bridgehead atoms. The average molecular weight is 273 g/mol. The Balaban J connectivity index is 2.16. The number of nitrogens with zero attached hydrogens (tertiary/aromatic N) is 3. The van der Waals surface area contributed by atoms with Gasteiger partial charge in [-0.3, -0.25) is 14.5 Å². The quantitative estimate of drug-likeness (QED) is 0.758. The number of hydrogen-bond acceptors (Lipinski definition) is 5. The molecule has 1 aromatic carbocycles. The molecule has 20 heavy (non-hydrogen) atoms. The maximum absolute atomic E-state index is 12.0. The number of nitriles is 1. The number of ether oxygens (including phenoxy) is 1. The van der Waals surface area contributed by atoms with Crippen LogP contribution in [0.4, 0.5) is 5.69 Å². The number of amides is 2. The van der Waals surface area contributed by atoms with Crippen molar-refractivity contribution in [1.29, 1.82) is 5.26 Å². The molecule has 6 nitrogen and oxygen atoms in total. The fourth-order valence-electron chi connectivity index (χ4n) is 2.16. The first-order valence-electron chi connectivity index (χ1n) is 6.25. The summed E-state index contributed by atoms with van der Waals surface area (Å²) in [6.07, 6.45) is 0.159. The van der Waals surface area contributed by atoms with E-state index in [1.165, 1.54) is 0 Å². The minimum atomic E-state index is -0.289. The third kappa shape index (κ3) is 2.72. The van der Waals surface area contributed by atoms with Crippen LogP contribution in [0.15, 0.2) is 24.3 Å². The van der Waals surface area contributed by atoms with E-state index in [4.69, 9.17) is 10.00 Å². The van der Waals surface area contributed by atoms with E-state index in [1.54, 1.807) is 18.1 Å². The van der Waals surface area contributed by atoms with Gasteiger partial charge >= 0.3 is 0 Å². The van der Waals surface area contributed by atoms with Gasteiger partial charge in [0.05, 0.1) is 38.4 Å². The first-order valence-corrected chi connectivity index (χ1v) is 6.25. The van der Waals surface area contributed by atoms with Crippen molar-refractivity contribution in [2.45, 2.75) is 6.42 Å². The van der Waals surface area contributed by atoms with Crippen LogP contribution in [0, 0.1) is 11.3 Å². The number of piperazine rings is 1. The van der Waals surface area contributed by atoms with Gasteiger partial charge in [0.15, 0.2) is 0 Å². The van der Waals surface area contributed by atoms with Gasteiger partial charge in [-0.25, -0.2) is 0 Å². The van der Waals surface area contributed by atoms with Crippen LogP contribution >= 0.6 is 0 Å². The molecular weight excluding hydrogens is 258 g/mol. The lowest BCUT2D eigenvalue weighted by Gasteiger charge is -2.34. The Morgan fingerprint density at radius 1 is 1.25 bits per heavy atom. The zero-order chi connectivity index (χ0) is 14.5. The lowest BCUT2D eigenvalue weighted by molar-refractivity contribution is -0.145. The third-order valence-corrected chi connectivity index (χ3v) is 3.13. The van der Waals surface area contributed by atoms with Gasteiger partial charge in [-0.05, 0) is 12.1 Å². The predicted molar refractivity (Wildman–Crippen MR) is 72.2 cm³/mol. The summed E-state index contributed by atoms with van der Waals surface area (Å²) in [5, 5.41) is 8.54. The number of benzene rings is 1. The Labute approximate surface area is 117 Å². The standard InChI is InChI=1S/C14H15N3O3/c1-20-12-6-3-2-5-11(12)16-9-13(18)17(8-4-7-15)14(19)10-16/h2-3,5-6H,4,8-10H2,1H3. The number of anilines is 1. The van der Waals surface area contributed by atoms with Crippen molar-refractivity contribution >= 4 is 17.5 Å². The van der Waals surface area contributed by atoms with Gasteiger partial charge in [-0.1, -0.05) is 12.1 Å². The molecule has 0 radical (unpaired) electrons. The number of carbonyl (C=O) groups excluding carboxylic acids is 2. The van der Waals surface area contributed by atoms with Crippen LogP contribution in [0.3, 0.4) is 0 Å². The summed E-state index contributed by atoms with van der Waals surface area (Å²) in [5.41, 5.74) is 0.719. The van der Waals surface area contributed by atoms with Crippen LogP contribution in [0.25, 0.3) is 0 Å². The van der Waals surface area contributed by atoms with Gasteiger partial charge in [-0.2, -0.15) is 5.26 Å². The van der Waals surface area contributed by atoms with E-state index in [-0.39, 0.29) is 37.9 Å². The lowest BCUT2D eigenvalue weighted by Crippen LogP contribution is -2.54. The fourth-order valence-corrected chi connectivity index (χ4v) is 2.16. The van der Waals surface area contributed by atoms with Crippen molar-refractivity contribution in [3.63, 3.8) is 0 Å². The molecule has 6 heteroatoms. The summed E-state index contributed by atoms with van der Waals surface area (Å²) in [6, 6.07) is 9.19. The van der Waals surface area contributed by atoms with Crippen LogP contribution < -0.4 is 9.64 Å². The Bertz CT molecular complexity index is 547. The highest BCUT2D eigenvalue weighted by Gasteiger charge is 2.31. The molecule has 2 rings (SSSR count). The van der Waals surface area contributed by atoms with Crippen molar-refractivity contribution in [3.05, 3.63) is 24.3 Å². The van der Waals surface area contributed by atoms with Crippen molar-refractivity contribution in [2.24, 2.45) is 0 Å². The highest BCUT2D eigenvalue weighted by atomic mass is 16.5. The third-order valence-electron chi connectivity index (χ3n) is 3.13. The zero-order valence-corrected chi connectivity index (χ0v) is 11.2. The van der Waals surface area contributed by atoms with E-state index in [9.17, 15) is 9.59 Å². The molecule has 0 saturated carbocycles. The number of hydrogen-bond donors (Lipinski definition) is 0. The Morgan fingerprint density at radius 2 is 1.90 bits per heavy atom. The van der Waals surface area contributed by atoms with E-state index >= 15 is 0 Å². The number of imide groups is 1. The van der Waals surface area contributed by atoms with Gasteiger partial charge in [0.1, 0.15) is 5.75 Å². The molecule has 0 unspecified atom stereocenters. The molecule has 1 aliphatic heterocycles. The number of carbonyl (C=O) groups is 2. The number of rotatable bonds is 4. The zero-order valence-electron chi connectivity index (χ0n) is 11.2. The van der Waals surface area contributed by atoms with Crippen LogP contribution in [0.1, 0.15) is 6.42 Å². The Hall–Kier alpha value is -2.55. The molecule has 2 amide bonds. The molecule has 0 aromatic heterocycles. The van der Waals surface area contributed by atoms with E-state index in [0.717, 1.165) is 10.6 Å². The normalized spacial score (nSPS) is 15.2. The first kappa shape index (κ1) is 13.9. The van der Waals surface area contributed by atoms with E-state index in [2.05, 4.69) is 0 Å². The fraction of sp³-hybridized carbons (Fsp3) is 0.357. The van der Waals surface area contributed by atoms with E-state index in [1.807, 2.05) is 24.3 Å². The van der Waals surface area contributed by atoms with Gasteiger partial charge in [0.2, 0.25) is 11.8 Å². The van der Waals surface area contributed by atoms with E-state index in [0.29, 0.717) is 5.75 Å². The van der Waals surface area contributed by atoms with Crippen LogP contribution in [0.5, 0.6) is 5.75 Å². The molecule has 0 atom stereocenters. The minimum absolute atomic E-state index is 0.109. The SMILES string of the molecule is COc1ccccc1N1CC(=O)N(CCC#N)C(=O)C1. The summed E-state index contributed by atoms with van der Waals surface area (Å²) >= 11 is 0. The highest BCUT2D eigenvalue weighted by Crippen LogP contribution is 2.28. The summed E-state index contributed by atoms with van der Waals surface area (Å²) in [4.78, 5) is 26.8. The van der Waals surface area contributed by atoms with Crippen LogP contribution in [0.2, 0.25) is 0 Å². The highest BCUT2D eigenvalue weighted by molar-refractivity contribution is 6.03. The van der Waals surface area contributed by atoms with Crippen molar-refractivity contribution in [1.82, 2.24) is 4.90 Å². The van der Waals surface area contributed by atoms with E-state index < -0.39 is 0 Å². The topological polar surface area (TPSA) is 73.6 Å². The van der Waals surface area contributed by atoms with Gasteiger partial charge in [-0.15, -0.1) is 0 Å². The maximum Gasteiger partial charge on any atom is 0.248 e. The summed E-state index contributed by atoms with van der Waals surface area (Å²) in [5.74, 6) is 0.0448. The molecule has 1 saturated heterocycles. The Kier molecular flexibility index (Phi) is 4.20. The van der Waals surface area contributed by atoms with Crippen LogP contribution in [-0.4, -0.2) is 43.5 Å². The smallest absolute Gasteiger partial charge is 0.248 e. The molecule has 0 aliphatic carbocycles. The second kappa shape index (κ2) is 6.06. The average Bonchev–Trinajstić information content (AvgIpc) is 2.46. The molecule has 0 spiro atoms. The summed E-state index contributed by atoms with van der Waals surface area (Å²) in [7, 11) is 1.55. The molecule has 0 N–H and O–H groups in total. The molecule has 104 valence electrons. The predicted octanol–water partition coefficient (Wildman–Crippen LogP) is 0.784. The largest absolute Gasteiger partial charge is 0.495 e. The van der Waals surface area contributed by atoms with Gasteiger partial charge in [0.25, 0.3) is 0 Å². The second-order valence-electron chi connectivity index (χ2n) is 4.38. The second-order valence-corrected chi connectivity index (χ2v) is 4.38. The Morgan fingerprint density at radius 3 is 2.50 bits per heavy atom. The van der Waals surface area contributed by atoms with Crippen LogP contribution in [-0.2, 0) is 9.59 Å². The van der Waals surface area contributed by atoms with Crippen molar-refractivity contribution in [3.8, 4) is 11.8 Å². The minimum Gasteiger partial charge on any atom is -0.495 e. The van der Waals surface area contributed by atoms with Gasteiger partial charge < -0.3 is 9.64 Å². The molecule has 1 aromatic rings. The maximum atomic E-state index is 12.0. The first-order chi connectivity index (χ1) is 9.67. The van der Waals surface area contributed by atoms with Crippen molar-refractivity contribution < 1.29 is 14.3 Å². The molecule has 1 fully saturated rings. The van der Waals surface area contributed by atoms with Crippen molar-refractivity contribution in [2.75, 3.05) is 31.6 Å². The molecule has 1 heterocycles. The number of methoxy groups -OCH3 is 1. The summed E-state index contributed by atoms with van der Waals surface area (Å²) in [6.45, 7) is 0.378. The summed E-state index contributed by atoms with van der Waals surface area (Å²) < 4.78 is 5.24. The van der Waals surface area contributed by atoms with Gasteiger partial charge in [0, 0.05) is 6.54 Å². The molecular formula is C14H15N3O3. The lowest BCUT2D eigenvalue weighted by atomic mass is 10.2. The monoisotopic (exact) mass is 273 g/mol. The molecule has 1 aliphatic rings.